The molecule has 0 saturated carbocycles. The molecule has 1 aromatic carbocycles. The van der Waals surface area contributed by atoms with E-state index < -0.39 is 22.1 Å². The fourth-order valence-electron chi connectivity index (χ4n) is 2.25. The predicted octanol–water partition coefficient (Wildman–Crippen LogP) is 4.19. The number of nitrogens with zero attached hydrogens (tertiary/aromatic N) is 1. The number of hydrogen-bond acceptors (Lipinski definition) is 5. The lowest BCUT2D eigenvalue weighted by Crippen LogP contribution is -2.23. The Kier molecular flexibility index (Phi) is 5.49. The minimum Gasteiger partial charge on any atom is -0.406 e. The van der Waals surface area contributed by atoms with Crippen molar-refractivity contribution in [3.05, 3.63) is 65.1 Å². The van der Waals surface area contributed by atoms with E-state index in [9.17, 15) is 21.6 Å². The van der Waals surface area contributed by atoms with Gasteiger partial charge in [-0.15, -0.1) is 13.2 Å². The summed E-state index contributed by atoms with van der Waals surface area (Å²) in [5.41, 5.74) is 2.50. The maximum atomic E-state index is 12.3. The quantitative estimate of drug-likeness (QED) is 0.657. The number of halogens is 3. The number of hydrogen-bond donors (Lipinski definition) is 1. The number of rotatable bonds is 6. The minimum absolute atomic E-state index is 0.00584. The first-order valence-electron chi connectivity index (χ1n) is 7.55. The molecule has 0 unspecified atom stereocenters. The van der Waals surface area contributed by atoms with Crippen molar-refractivity contribution in [2.45, 2.75) is 17.8 Å². The van der Waals surface area contributed by atoms with E-state index in [1.165, 1.54) is 11.3 Å². The SMILES string of the molecule is O=S(=O)(NCc1cncc(-c2ccsc2)c1)c1ccc(OC(F)(F)F)cc1. The Morgan fingerprint density at radius 3 is 2.44 bits per heavy atom. The molecular weight excluding hydrogens is 401 g/mol. The summed E-state index contributed by atoms with van der Waals surface area (Å²) in [6.07, 6.45) is -1.61. The van der Waals surface area contributed by atoms with Crippen LogP contribution in [0.25, 0.3) is 11.1 Å². The zero-order chi connectivity index (χ0) is 19.5. The molecule has 10 heteroatoms. The average molecular weight is 414 g/mol. The van der Waals surface area contributed by atoms with Gasteiger partial charge in [0.05, 0.1) is 4.90 Å². The Labute approximate surface area is 157 Å². The van der Waals surface area contributed by atoms with Gasteiger partial charge in [-0.2, -0.15) is 11.3 Å². The molecule has 0 saturated heterocycles. The molecule has 3 rings (SSSR count). The number of benzene rings is 1. The van der Waals surface area contributed by atoms with Gasteiger partial charge in [-0.3, -0.25) is 4.98 Å². The molecule has 0 spiro atoms. The van der Waals surface area contributed by atoms with Crippen molar-refractivity contribution in [2.75, 3.05) is 0 Å². The first-order valence-corrected chi connectivity index (χ1v) is 9.97. The summed E-state index contributed by atoms with van der Waals surface area (Å²) in [5.74, 6) is -0.492. The van der Waals surface area contributed by atoms with E-state index in [2.05, 4.69) is 14.4 Å². The van der Waals surface area contributed by atoms with E-state index in [0.717, 1.165) is 35.4 Å². The zero-order valence-electron chi connectivity index (χ0n) is 13.6. The van der Waals surface area contributed by atoms with Crippen molar-refractivity contribution in [3.63, 3.8) is 0 Å². The Morgan fingerprint density at radius 2 is 1.81 bits per heavy atom. The normalized spacial score (nSPS) is 12.1. The van der Waals surface area contributed by atoms with Crippen LogP contribution >= 0.6 is 11.3 Å². The van der Waals surface area contributed by atoms with E-state index in [1.807, 2.05) is 22.9 Å². The van der Waals surface area contributed by atoms with Gasteiger partial charge in [0.2, 0.25) is 10.0 Å². The van der Waals surface area contributed by atoms with Crippen LogP contribution in [0.3, 0.4) is 0 Å². The highest BCUT2D eigenvalue weighted by atomic mass is 32.2. The summed E-state index contributed by atoms with van der Waals surface area (Å²) in [7, 11) is -3.90. The second-order valence-electron chi connectivity index (χ2n) is 5.44. The molecule has 1 N–H and O–H groups in total. The Balaban J connectivity index is 1.69. The van der Waals surface area contributed by atoms with Crippen LogP contribution in [0.5, 0.6) is 5.75 Å². The van der Waals surface area contributed by atoms with Crippen LogP contribution in [0.15, 0.2) is 64.4 Å². The molecule has 0 atom stereocenters. The third-order valence-corrected chi connectivity index (χ3v) is 5.58. The van der Waals surface area contributed by atoms with Crippen LogP contribution in [0.4, 0.5) is 13.2 Å². The van der Waals surface area contributed by atoms with E-state index >= 15 is 0 Å². The summed E-state index contributed by atoms with van der Waals surface area (Å²) < 4.78 is 67.3. The van der Waals surface area contributed by atoms with Gasteiger partial charge in [0.15, 0.2) is 0 Å². The third-order valence-electron chi connectivity index (χ3n) is 3.48. The predicted molar refractivity (Wildman–Crippen MR) is 94.7 cm³/mol. The molecule has 0 aliphatic heterocycles. The first kappa shape index (κ1) is 19.3. The molecule has 0 aliphatic carbocycles. The van der Waals surface area contributed by atoms with E-state index in [0.29, 0.717) is 5.56 Å². The Bertz CT molecular complexity index is 1000. The van der Waals surface area contributed by atoms with Gasteiger partial charge in [0, 0.05) is 24.5 Å². The summed E-state index contributed by atoms with van der Waals surface area (Å²) in [4.78, 5) is 3.94. The van der Waals surface area contributed by atoms with Crippen LogP contribution in [0.1, 0.15) is 5.56 Å². The lowest BCUT2D eigenvalue weighted by molar-refractivity contribution is -0.274. The second kappa shape index (κ2) is 7.67. The number of aromatic nitrogens is 1. The molecule has 2 aromatic heterocycles. The zero-order valence-corrected chi connectivity index (χ0v) is 15.2. The van der Waals surface area contributed by atoms with Crippen molar-refractivity contribution >= 4 is 21.4 Å². The molecule has 3 aromatic rings. The van der Waals surface area contributed by atoms with Gasteiger partial charge < -0.3 is 4.74 Å². The molecule has 5 nitrogen and oxygen atoms in total. The molecule has 27 heavy (non-hydrogen) atoms. The lowest BCUT2D eigenvalue weighted by atomic mass is 10.1. The number of nitrogens with one attached hydrogen (secondary N) is 1. The average Bonchev–Trinajstić information content (AvgIpc) is 3.14. The molecule has 0 radical (unpaired) electrons. The van der Waals surface area contributed by atoms with Gasteiger partial charge >= 0.3 is 6.36 Å². The highest BCUT2D eigenvalue weighted by Gasteiger charge is 2.31. The molecule has 2 heterocycles. The maximum absolute atomic E-state index is 12.3. The monoisotopic (exact) mass is 414 g/mol. The summed E-state index contributed by atoms with van der Waals surface area (Å²) >= 11 is 1.54. The Morgan fingerprint density at radius 1 is 1.07 bits per heavy atom. The van der Waals surface area contributed by atoms with Gasteiger partial charge in [-0.1, -0.05) is 0 Å². The highest BCUT2D eigenvalue weighted by Crippen LogP contribution is 2.24. The van der Waals surface area contributed by atoms with E-state index in [-0.39, 0.29) is 11.4 Å². The van der Waals surface area contributed by atoms with Crippen LogP contribution in [0, 0.1) is 0 Å². The van der Waals surface area contributed by atoms with Crippen molar-refractivity contribution < 1.29 is 26.3 Å². The molecule has 0 fully saturated rings. The van der Waals surface area contributed by atoms with Crippen molar-refractivity contribution in [2.24, 2.45) is 0 Å². The van der Waals surface area contributed by atoms with E-state index in [4.69, 9.17) is 0 Å². The summed E-state index contributed by atoms with van der Waals surface area (Å²) in [5, 5.41) is 3.88. The number of ether oxygens (including phenoxy) is 1. The smallest absolute Gasteiger partial charge is 0.406 e. The minimum atomic E-state index is -4.83. The van der Waals surface area contributed by atoms with Crippen molar-refractivity contribution in [1.29, 1.82) is 0 Å². The molecule has 0 bridgehead atoms. The number of sulfonamides is 1. The van der Waals surface area contributed by atoms with Gasteiger partial charge in [0.1, 0.15) is 5.75 Å². The molecule has 0 aliphatic rings. The fourth-order valence-corrected chi connectivity index (χ4v) is 3.94. The van der Waals surface area contributed by atoms with Crippen molar-refractivity contribution in [1.82, 2.24) is 9.71 Å². The first-order chi connectivity index (χ1) is 12.7. The highest BCUT2D eigenvalue weighted by molar-refractivity contribution is 7.89. The third kappa shape index (κ3) is 5.28. The fraction of sp³-hybridized carbons (Fsp3) is 0.118. The number of pyridine rings is 1. The van der Waals surface area contributed by atoms with Gasteiger partial charge in [-0.05, 0) is 58.3 Å². The number of thiophene rings is 1. The van der Waals surface area contributed by atoms with Gasteiger partial charge in [0.25, 0.3) is 0 Å². The van der Waals surface area contributed by atoms with Crippen LogP contribution in [0.2, 0.25) is 0 Å². The van der Waals surface area contributed by atoms with E-state index in [1.54, 1.807) is 12.4 Å². The van der Waals surface area contributed by atoms with Gasteiger partial charge in [-0.25, -0.2) is 13.1 Å². The molecule has 0 amide bonds. The second-order valence-corrected chi connectivity index (χ2v) is 7.98. The van der Waals surface area contributed by atoms with Crippen LogP contribution < -0.4 is 9.46 Å². The standard InChI is InChI=1S/C17H13F3N2O3S2/c18-17(19,20)25-15-1-3-16(4-2-15)27(23,24)22-9-12-7-14(10-21-8-12)13-5-6-26-11-13/h1-8,10-11,22H,9H2. The molecular formula is C17H13F3N2O3S2. The molecule has 142 valence electrons. The number of alkyl halides is 3. The summed E-state index contributed by atoms with van der Waals surface area (Å²) in [6, 6.07) is 7.73. The largest absolute Gasteiger partial charge is 0.573 e. The Hall–Kier alpha value is -2.43. The maximum Gasteiger partial charge on any atom is 0.573 e. The lowest BCUT2D eigenvalue weighted by Gasteiger charge is -2.10. The summed E-state index contributed by atoms with van der Waals surface area (Å²) in [6.45, 7) is -0.00584. The van der Waals surface area contributed by atoms with Crippen LogP contribution in [-0.4, -0.2) is 19.8 Å². The van der Waals surface area contributed by atoms with Crippen LogP contribution in [-0.2, 0) is 16.6 Å². The topological polar surface area (TPSA) is 68.3 Å². The van der Waals surface area contributed by atoms with Crippen molar-refractivity contribution in [3.8, 4) is 16.9 Å².